The summed E-state index contributed by atoms with van der Waals surface area (Å²) < 4.78 is 122. The van der Waals surface area contributed by atoms with Crippen molar-refractivity contribution in [1.29, 1.82) is 0 Å². The Balaban J connectivity index is 2.19. The number of amides is 1. The number of hydrogen-bond acceptors (Lipinski definition) is 5. The maximum atomic E-state index is 13.8. The van der Waals surface area contributed by atoms with Crippen molar-refractivity contribution in [2.45, 2.75) is 24.6 Å². The number of ether oxygens (including phenoxy) is 1. The van der Waals surface area contributed by atoms with Crippen LogP contribution in [0.1, 0.15) is 15.2 Å². The molecule has 2 atom stereocenters. The molecule has 1 amide bonds. The van der Waals surface area contributed by atoms with E-state index in [9.17, 15) is 45.7 Å². The molecule has 13 heteroatoms. The molecule has 0 radical (unpaired) electrons. The third-order valence-corrected chi connectivity index (χ3v) is 4.76. The first kappa shape index (κ1) is 20.5. The van der Waals surface area contributed by atoms with Gasteiger partial charge >= 0.3 is 18.4 Å². The maximum Gasteiger partial charge on any atom is 0.420 e. The number of alkyl halides is 6. The number of β-amino-alcohol motifs (C(OH)–C–C–N with tert-alkyl or cyclic N) is 2. The summed E-state index contributed by atoms with van der Waals surface area (Å²) in [6.07, 6.45) is -15.8. The van der Waals surface area contributed by atoms with Crippen LogP contribution in [0.5, 0.6) is 5.75 Å². The molecule has 1 saturated heterocycles. The van der Waals surface area contributed by atoms with Crippen molar-refractivity contribution >= 4 is 17.5 Å². The molecule has 0 aromatic heterocycles. The molecule has 2 aromatic carbocycles. The standard InChI is InChI=1S/C20H17F7N2O4/c1-28(12-4-2-11(21)3-5-12)18(32)33-17-13(20(25,26)27)6-10(19(22,23)24)7-14(17)29-8-15(30)16(31)9-29/h2-7,15-16,30-31H,8-9H2,1H3/t15-,16+/i1D3. The smallest absolute Gasteiger partial charge is 0.407 e. The fraction of sp³-hybridized carbons (Fsp3) is 0.350. The molecule has 6 nitrogen and oxygen atoms in total. The molecule has 0 bridgehead atoms. The first-order chi connectivity index (χ1) is 16.4. The van der Waals surface area contributed by atoms with Gasteiger partial charge in [0.25, 0.3) is 0 Å². The Morgan fingerprint density at radius 3 is 2.12 bits per heavy atom. The van der Waals surface area contributed by atoms with E-state index >= 15 is 0 Å². The Morgan fingerprint density at radius 2 is 1.64 bits per heavy atom. The topological polar surface area (TPSA) is 73.2 Å². The molecule has 0 aliphatic carbocycles. The summed E-state index contributed by atoms with van der Waals surface area (Å²) in [7, 11) is 0. The third-order valence-electron chi connectivity index (χ3n) is 4.76. The molecule has 0 spiro atoms. The second kappa shape index (κ2) is 8.71. The highest BCUT2D eigenvalue weighted by atomic mass is 19.4. The number of aliphatic hydroxyl groups excluding tert-OH is 2. The highest BCUT2D eigenvalue weighted by molar-refractivity contribution is 5.89. The monoisotopic (exact) mass is 485 g/mol. The molecule has 1 fully saturated rings. The Labute approximate surface area is 186 Å². The van der Waals surface area contributed by atoms with E-state index in [0.717, 1.165) is 29.2 Å². The molecule has 0 unspecified atom stereocenters. The van der Waals surface area contributed by atoms with Crippen LogP contribution in [0.25, 0.3) is 0 Å². The van der Waals surface area contributed by atoms with E-state index in [1.165, 1.54) is 0 Å². The van der Waals surface area contributed by atoms with Gasteiger partial charge in [-0.3, -0.25) is 4.90 Å². The van der Waals surface area contributed by atoms with Gasteiger partial charge in [-0.2, -0.15) is 26.3 Å². The number of aliphatic hydroxyl groups is 2. The molecule has 0 saturated carbocycles. The van der Waals surface area contributed by atoms with E-state index in [4.69, 9.17) is 8.85 Å². The first-order valence-corrected chi connectivity index (χ1v) is 9.10. The Hall–Kier alpha value is -3.06. The summed E-state index contributed by atoms with van der Waals surface area (Å²) in [4.78, 5) is 13.5. The van der Waals surface area contributed by atoms with Gasteiger partial charge in [0.2, 0.25) is 0 Å². The molecule has 2 N–H and O–H groups in total. The van der Waals surface area contributed by atoms with Crippen molar-refractivity contribution in [3.05, 3.63) is 53.3 Å². The van der Waals surface area contributed by atoms with Crippen LogP contribution < -0.4 is 14.5 Å². The van der Waals surface area contributed by atoms with Crippen molar-refractivity contribution in [2.75, 3.05) is 29.9 Å². The molecule has 1 aliphatic rings. The van der Waals surface area contributed by atoms with Crippen LogP contribution in [0.2, 0.25) is 0 Å². The quantitative estimate of drug-likeness (QED) is 0.643. The molecule has 1 heterocycles. The molecule has 180 valence electrons. The summed E-state index contributed by atoms with van der Waals surface area (Å²) >= 11 is 0. The molecule has 2 aromatic rings. The van der Waals surface area contributed by atoms with Gasteiger partial charge < -0.3 is 19.8 Å². The number of anilines is 2. The lowest BCUT2D eigenvalue weighted by Crippen LogP contribution is -2.32. The van der Waals surface area contributed by atoms with Crippen LogP contribution in [0.4, 0.5) is 46.9 Å². The van der Waals surface area contributed by atoms with Crippen LogP contribution in [0.3, 0.4) is 0 Å². The lowest BCUT2D eigenvalue weighted by molar-refractivity contribution is -0.143. The van der Waals surface area contributed by atoms with Crippen LogP contribution in [-0.4, -0.2) is 48.6 Å². The van der Waals surface area contributed by atoms with Crippen LogP contribution >= 0.6 is 0 Å². The zero-order chi connectivity index (χ0) is 27.2. The number of benzene rings is 2. The first-order valence-electron chi connectivity index (χ1n) is 10.6. The van der Waals surface area contributed by atoms with Crippen molar-refractivity contribution in [1.82, 2.24) is 0 Å². The van der Waals surface area contributed by atoms with Gasteiger partial charge in [0.15, 0.2) is 5.75 Å². The molecular weight excluding hydrogens is 465 g/mol. The molecular formula is C20H17F7N2O4. The molecule has 1 aliphatic heterocycles. The van der Waals surface area contributed by atoms with E-state index < -0.39 is 84.8 Å². The average Bonchev–Trinajstić information content (AvgIpc) is 3.05. The summed E-state index contributed by atoms with van der Waals surface area (Å²) in [5.74, 6) is -2.30. The van der Waals surface area contributed by atoms with Crippen LogP contribution in [0.15, 0.2) is 36.4 Å². The fourth-order valence-electron chi connectivity index (χ4n) is 3.12. The fourth-order valence-corrected chi connectivity index (χ4v) is 3.12. The maximum absolute atomic E-state index is 13.8. The SMILES string of the molecule is [2H]C([2H])([2H])N(C(=O)Oc1c(N2C[C@@H](O)[C@@H](O)C2)cc(C(F)(F)F)cc1C(F)(F)F)c1ccc(F)cc1. The van der Waals surface area contributed by atoms with Gasteiger partial charge in [0, 0.05) is 29.9 Å². The zero-order valence-corrected chi connectivity index (χ0v) is 16.3. The Kier molecular flexibility index (Phi) is 5.42. The van der Waals surface area contributed by atoms with Crippen molar-refractivity contribution in [3.63, 3.8) is 0 Å². The largest absolute Gasteiger partial charge is 0.420 e. The van der Waals surface area contributed by atoms with Gasteiger partial charge in [0.05, 0.1) is 23.5 Å². The Bertz CT molecular complexity index is 1110. The van der Waals surface area contributed by atoms with Gasteiger partial charge in [-0.15, -0.1) is 0 Å². The highest BCUT2D eigenvalue weighted by Crippen LogP contribution is 2.46. The second-order valence-corrected chi connectivity index (χ2v) is 7.09. The predicted molar refractivity (Wildman–Crippen MR) is 101 cm³/mol. The van der Waals surface area contributed by atoms with Gasteiger partial charge in [-0.05, 0) is 36.4 Å². The minimum Gasteiger partial charge on any atom is -0.407 e. The van der Waals surface area contributed by atoms with Crippen molar-refractivity contribution in [2.24, 2.45) is 0 Å². The lowest BCUT2D eigenvalue weighted by atomic mass is 10.1. The average molecular weight is 485 g/mol. The number of rotatable bonds is 3. The third kappa shape index (κ3) is 5.30. The minimum atomic E-state index is -5.51. The van der Waals surface area contributed by atoms with Gasteiger partial charge in [-0.1, -0.05) is 0 Å². The van der Waals surface area contributed by atoms with Gasteiger partial charge in [0.1, 0.15) is 11.4 Å². The van der Waals surface area contributed by atoms with Crippen LogP contribution in [0, 0.1) is 5.82 Å². The van der Waals surface area contributed by atoms with Crippen molar-refractivity contribution in [3.8, 4) is 5.75 Å². The normalized spacial score (nSPS) is 20.8. The second-order valence-electron chi connectivity index (χ2n) is 7.09. The summed E-state index contributed by atoms with van der Waals surface area (Å²) in [6, 6.07) is 3.09. The number of hydrogen-bond donors (Lipinski definition) is 2. The number of halogens is 7. The zero-order valence-electron chi connectivity index (χ0n) is 19.3. The molecule has 33 heavy (non-hydrogen) atoms. The number of nitrogens with zero attached hydrogens (tertiary/aromatic N) is 2. The van der Waals surface area contributed by atoms with E-state index in [0.29, 0.717) is 0 Å². The molecule has 3 rings (SSSR count). The summed E-state index contributed by atoms with van der Waals surface area (Å²) in [5.41, 5.74) is -5.30. The van der Waals surface area contributed by atoms with E-state index in [1.807, 2.05) is 0 Å². The van der Waals surface area contributed by atoms with Crippen molar-refractivity contribution < 1.29 is 54.6 Å². The van der Waals surface area contributed by atoms with Gasteiger partial charge in [-0.25, -0.2) is 9.18 Å². The number of carbonyl (C=O) groups is 1. The van der Waals surface area contributed by atoms with E-state index in [2.05, 4.69) is 0 Å². The summed E-state index contributed by atoms with van der Waals surface area (Å²) in [6.45, 7) is -4.60. The highest BCUT2D eigenvalue weighted by Gasteiger charge is 2.43. The predicted octanol–water partition coefficient (Wildman–Crippen LogP) is 4.04. The Morgan fingerprint density at radius 1 is 1.06 bits per heavy atom. The summed E-state index contributed by atoms with van der Waals surface area (Å²) in [5, 5.41) is 19.5. The van der Waals surface area contributed by atoms with E-state index in [-0.39, 0.29) is 17.0 Å². The lowest BCUT2D eigenvalue weighted by Gasteiger charge is -2.26. The van der Waals surface area contributed by atoms with Crippen LogP contribution in [-0.2, 0) is 12.4 Å². The van der Waals surface area contributed by atoms with E-state index in [1.54, 1.807) is 0 Å². The minimum absolute atomic E-state index is 0.0816. The number of carbonyl (C=O) groups excluding carboxylic acids is 1.